The number of ether oxygens (including phenoxy) is 1. The Morgan fingerprint density at radius 1 is 1.39 bits per heavy atom. The molecule has 0 fully saturated rings. The van der Waals surface area contributed by atoms with Crippen molar-refractivity contribution in [1.82, 2.24) is 4.57 Å². The van der Waals surface area contributed by atoms with Crippen LogP contribution < -0.4 is 15.6 Å². The minimum absolute atomic E-state index is 0.150. The molecule has 9 heteroatoms. The number of nitro groups is 1. The Kier molecular flexibility index (Phi) is 5.12. The van der Waals surface area contributed by atoms with E-state index in [2.05, 4.69) is 21.2 Å². The Morgan fingerprint density at radius 2 is 2.13 bits per heavy atom. The van der Waals surface area contributed by atoms with Crippen molar-refractivity contribution in [1.29, 1.82) is 0 Å². The van der Waals surface area contributed by atoms with E-state index in [0.29, 0.717) is 4.47 Å². The van der Waals surface area contributed by atoms with Gasteiger partial charge in [-0.3, -0.25) is 19.7 Å². The van der Waals surface area contributed by atoms with Crippen LogP contribution in [0.5, 0.6) is 5.75 Å². The smallest absolute Gasteiger partial charge is 0.273 e. The first-order valence-electron chi connectivity index (χ1n) is 6.39. The van der Waals surface area contributed by atoms with Crippen molar-refractivity contribution in [3.05, 3.63) is 61.5 Å². The molecule has 1 aromatic heterocycles. The number of carbonyl (C=O) groups is 1. The van der Waals surface area contributed by atoms with Crippen molar-refractivity contribution in [2.45, 2.75) is 6.54 Å². The zero-order chi connectivity index (χ0) is 17.0. The van der Waals surface area contributed by atoms with Gasteiger partial charge in [-0.15, -0.1) is 0 Å². The average molecular weight is 382 g/mol. The molecule has 0 spiro atoms. The number of anilines is 1. The van der Waals surface area contributed by atoms with E-state index in [1.807, 2.05) is 0 Å². The predicted molar refractivity (Wildman–Crippen MR) is 86.7 cm³/mol. The monoisotopic (exact) mass is 381 g/mol. The van der Waals surface area contributed by atoms with E-state index in [4.69, 9.17) is 4.74 Å². The maximum absolute atomic E-state index is 12.1. The van der Waals surface area contributed by atoms with E-state index in [1.165, 1.54) is 42.1 Å². The highest BCUT2D eigenvalue weighted by molar-refractivity contribution is 9.10. The number of hydrogen-bond acceptors (Lipinski definition) is 5. The Morgan fingerprint density at radius 3 is 2.78 bits per heavy atom. The number of methoxy groups -OCH3 is 1. The van der Waals surface area contributed by atoms with E-state index in [9.17, 15) is 19.7 Å². The zero-order valence-corrected chi connectivity index (χ0v) is 13.6. The first-order chi connectivity index (χ1) is 10.9. The number of carbonyl (C=O) groups excluding carboxylic acids is 1. The molecule has 23 heavy (non-hydrogen) atoms. The maximum atomic E-state index is 12.1. The molecule has 1 heterocycles. The lowest BCUT2D eigenvalue weighted by atomic mass is 10.2. The summed E-state index contributed by atoms with van der Waals surface area (Å²) < 4.78 is 6.93. The van der Waals surface area contributed by atoms with Crippen LogP contribution in [-0.4, -0.2) is 22.5 Å². The lowest BCUT2D eigenvalue weighted by Crippen LogP contribution is -2.26. The molecule has 2 aromatic rings. The molecule has 0 atom stereocenters. The molecule has 2 rings (SSSR count). The minimum Gasteiger partial charge on any atom is -0.494 e. The summed E-state index contributed by atoms with van der Waals surface area (Å²) in [6.07, 6.45) is 1.50. The molecule has 0 aliphatic heterocycles. The number of nitrogens with one attached hydrogen (secondary N) is 1. The van der Waals surface area contributed by atoms with Crippen LogP contribution in [0, 0.1) is 10.1 Å². The molecule has 0 bridgehead atoms. The number of rotatable bonds is 5. The Hall–Kier alpha value is -2.68. The molecule has 0 aliphatic carbocycles. The third kappa shape index (κ3) is 4.16. The van der Waals surface area contributed by atoms with Crippen LogP contribution in [0.15, 0.2) is 45.8 Å². The summed E-state index contributed by atoms with van der Waals surface area (Å²) in [5.74, 6) is -0.300. The molecule has 1 N–H and O–H groups in total. The fraction of sp³-hybridized carbons (Fsp3) is 0.143. The summed E-state index contributed by atoms with van der Waals surface area (Å²) in [5, 5.41) is 13.3. The number of pyridine rings is 1. The zero-order valence-electron chi connectivity index (χ0n) is 12.0. The highest BCUT2D eigenvalue weighted by Crippen LogP contribution is 2.28. The van der Waals surface area contributed by atoms with Gasteiger partial charge in [0, 0.05) is 22.8 Å². The molecule has 1 aromatic carbocycles. The summed E-state index contributed by atoms with van der Waals surface area (Å²) in [5.41, 5.74) is -0.187. The van der Waals surface area contributed by atoms with Crippen molar-refractivity contribution in [2.24, 2.45) is 0 Å². The van der Waals surface area contributed by atoms with Crippen LogP contribution in [0.2, 0.25) is 0 Å². The summed E-state index contributed by atoms with van der Waals surface area (Å²) in [6.45, 7) is -0.196. The normalized spacial score (nSPS) is 10.2. The summed E-state index contributed by atoms with van der Waals surface area (Å²) in [4.78, 5) is 33.9. The van der Waals surface area contributed by atoms with Gasteiger partial charge < -0.3 is 14.6 Å². The van der Waals surface area contributed by atoms with Gasteiger partial charge in [-0.05, 0) is 28.1 Å². The third-order valence-electron chi connectivity index (χ3n) is 2.93. The number of aromatic nitrogens is 1. The molecular weight excluding hydrogens is 370 g/mol. The summed E-state index contributed by atoms with van der Waals surface area (Å²) in [6, 6.07) is 6.75. The summed E-state index contributed by atoms with van der Waals surface area (Å²) in [7, 11) is 1.34. The van der Waals surface area contributed by atoms with Gasteiger partial charge in [0.1, 0.15) is 12.3 Å². The SMILES string of the molecule is COc1cc([N+](=O)[O-])ccc1NC(=O)Cn1cc(Br)ccc1=O. The molecular formula is C14H12BrN3O5. The fourth-order valence-electron chi connectivity index (χ4n) is 1.87. The van der Waals surface area contributed by atoms with Crippen molar-refractivity contribution < 1.29 is 14.5 Å². The van der Waals surface area contributed by atoms with E-state index in [1.54, 1.807) is 6.07 Å². The quantitative estimate of drug-likeness (QED) is 0.631. The molecule has 0 aliphatic rings. The van der Waals surface area contributed by atoms with Gasteiger partial charge in [-0.2, -0.15) is 0 Å². The van der Waals surface area contributed by atoms with Gasteiger partial charge in [0.25, 0.3) is 11.2 Å². The van der Waals surface area contributed by atoms with E-state index in [-0.39, 0.29) is 29.2 Å². The first kappa shape index (κ1) is 16.7. The van der Waals surface area contributed by atoms with Gasteiger partial charge in [0.05, 0.1) is 23.8 Å². The van der Waals surface area contributed by atoms with Crippen LogP contribution in [0.4, 0.5) is 11.4 Å². The third-order valence-corrected chi connectivity index (χ3v) is 3.40. The molecule has 1 amide bonds. The van der Waals surface area contributed by atoms with Gasteiger partial charge in [-0.25, -0.2) is 0 Å². The number of amides is 1. The Labute approximate surface area is 139 Å². The first-order valence-corrected chi connectivity index (χ1v) is 7.18. The topological polar surface area (TPSA) is 103 Å². The predicted octanol–water partition coefficient (Wildman–Crippen LogP) is 2.17. The summed E-state index contributed by atoms with van der Waals surface area (Å²) >= 11 is 3.22. The van der Waals surface area contributed by atoms with Crippen LogP contribution >= 0.6 is 15.9 Å². The molecule has 0 saturated heterocycles. The highest BCUT2D eigenvalue weighted by Gasteiger charge is 2.14. The van der Waals surface area contributed by atoms with Crippen molar-refractivity contribution in [3.8, 4) is 5.75 Å². The molecule has 0 saturated carbocycles. The maximum Gasteiger partial charge on any atom is 0.273 e. The molecule has 8 nitrogen and oxygen atoms in total. The van der Waals surface area contributed by atoms with Crippen LogP contribution in [0.25, 0.3) is 0 Å². The van der Waals surface area contributed by atoms with E-state index in [0.717, 1.165) is 0 Å². The standard InChI is InChI=1S/C14H12BrN3O5/c1-23-12-6-10(18(21)22)3-4-11(12)16-13(19)8-17-7-9(15)2-5-14(17)20/h2-7H,8H2,1H3,(H,16,19). The highest BCUT2D eigenvalue weighted by atomic mass is 79.9. The van der Waals surface area contributed by atoms with Crippen LogP contribution in [0.1, 0.15) is 0 Å². The van der Waals surface area contributed by atoms with Gasteiger partial charge >= 0.3 is 0 Å². The van der Waals surface area contributed by atoms with Gasteiger partial charge in [0.2, 0.25) is 5.91 Å². The number of halogens is 1. The van der Waals surface area contributed by atoms with Gasteiger partial charge in [-0.1, -0.05) is 0 Å². The largest absolute Gasteiger partial charge is 0.494 e. The van der Waals surface area contributed by atoms with Crippen molar-refractivity contribution in [2.75, 3.05) is 12.4 Å². The molecule has 120 valence electrons. The Balaban J connectivity index is 2.18. The van der Waals surface area contributed by atoms with Crippen LogP contribution in [0.3, 0.4) is 0 Å². The second-order valence-electron chi connectivity index (χ2n) is 4.50. The number of non-ortho nitro benzene ring substituents is 1. The van der Waals surface area contributed by atoms with Crippen molar-refractivity contribution in [3.63, 3.8) is 0 Å². The average Bonchev–Trinajstić information content (AvgIpc) is 2.51. The Bertz CT molecular complexity index is 818. The van der Waals surface area contributed by atoms with E-state index >= 15 is 0 Å². The number of nitro benzene ring substituents is 1. The van der Waals surface area contributed by atoms with Crippen LogP contribution in [-0.2, 0) is 11.3 Å². The molecule has 0 unspecified atom stereocenters. The van der Waals surface area contributed by atoms with E-state index < -0.39 is 10.8 Å². The lowest BCUT2D eigenvalue weighted by Gasteiger charge is -2.11. The second-order valence-corrected chi connectivity index (χ2v) is 5.42. The number of nitrogens with zero attached hydrogens (tertiary/aromatic N) is 2. The second kappa shape index (κ2) is 7.05. The van der Waals surface area contributed by atoms with Crippen molar-refractivity contribution >= 4 is 33.2 Å². The number of benzene rings is 1. The lowest BCUT2D eigenvalue weighted by molar-refractivity contribution is -0.384. The fourth-order valence-corrected chi connectivity index (χ4v) is 2.25. The molecule has 0 radical (unpaired) electrons. The number of hydrogen-bond donors (Lipinski definition) is 1. The minimum atomic E-state index is -0.560. The van der Waals surface area contributed by atoms with Gasteiger partial charge in [0.15, 0.2) is 0 Å².